The van der Waals surface area contributed by atoms with Gasteiger partial charge in [0, 0.05) is 37.7 Å². The molecular formula is C23H23ClN4O3. The Bertz CT molecular complexity index is 1020. The minimum absolute atomic E-state index is 0.0227. The number of carbonyl (C=O) groups is 2. The van der Waals surface area contributed by atoms with Gasteiger partial charge in [-0.2, -0.15) is 5.26 Å². The number of hydrogen-bond acceptors (Lipinski definition) is 5. The lowest BCUT2D eigenvalue weighted by atomic mass is 10.1. The summed E-state index contributed by atoms with van der Waals surface area (Å²) in [5, 5.41) is 9.42. The van der Waals surface area contributed by atoms with Gasteiger partial charge in [0.15, 0.2) is 6.61 Å². The van der Waals surface area contributed by atoms with Gasteiger partial charge in [-0.25, -0.2) is 0 Å². The second-order valence-electron chi connectivity index (χ2n) is 7.70. The fraction of sp³-hybridized carbons (Fsp3) is 0.348. The van der Waals surface area contributed by atoms with Crippen LogP contribution in [0.25, 0.3) is 0 Å². The molecule has 31 heavy (non-hydrogen) atoms. The highest BCUT2D eigenvalue weighted by Gasteiger charge is 2.29. The van der Waals surface area contributed by atoms with Crippen molar-refractivity contribution in [2.24, 2.45) is 0 Å². The summed E-state index contributed by atoms with van der Waals surface area (Å²) in [4.78, 5) is 31.0. The van der Waals surface area contributed by atoms with E-state index in [4.69, 9.17) is 21.6 Å². The summed E-state index contributed by atoms with van der Waals surface area (Å²) in [6, 6.07) is 14.8. The molecule has 2 amide bonds. The predicted octanol–water partition coefficient (Wildman–Crippen LogP) is 2.67. The summed E-state index contributed by atoms with van der Waals surface area (Å²) in [5.74, 6) is 0.225. The Morgan fingerprint density at radius 2 is 1.90 bits per heavy atom. The maximum atomic E-state index is 13.0. The smallest absolute Gasteiger partial charge is 0.265 e. The Kier molecular flexibility index (Phi) is 6.40. The van der Waals surface area contributed by atoms with Crippen LogP contribution in [0.5, 0.6) is 5.75 Å². The van der Waals surface area contributed by atoms with E-state index in [1.807, 2.05) is 29.2 Å². The van der Waals surface area contributed by atoms with Crippen molar-refractivity contribution in [2.45, 2.75) is 13.0 Å². The number of halogens is 1. The highest BCUT2D eigenvalue weighted by Crippen LogP contribution is 2.34. The molecule has 8 heteroatoms. The molecular weight excluding hydrogens is 416 g/mol. The van der Waals surface area contributed by atoms with Gasteiger partial charge in [-0.3, -0.25) is 19.4 Å². The molecule has 0 aliphatic carbocycles. The highest BCUT2D eigenvalue weighted by atomic mass is 35.5. The topological polar surface area (TPSA) is 76.9 Å². The van der Waals surface area contributed by atoms with E-state index in [0.717, 1.165) is 31.6 Å². The average molecular weight is 439 g/mol. The second-order valence-corrected chi connectivity index (χ2v) is 8.14. The molecule has 2 aromatic rings. The SMILES string of the molecule is N#Cc1ccc(CN2CCCN(C(=O)CN3C(=O)COc4ccc(Cl)cc43)CC2)cc1. The summed E-state index contributed by atoms with van der Waals surface area (Å²) < 4.78 is 5.45. The van der Waals surface area contributed by atoms with Crippen molar-refractivity contribution in [2.75, 3.05) is 44.2 Å². The van der Waals surface area contributed by atoms with Gasteiger partial charge in [-0.1, -0.05) is 23.7 Å². The number of carbonyl (C=O) groups excluding carboxylic acids is 2. The minimum atomic E-state index is -0.250. The van der Waals surface area contributed by atoms with E-state index in [1.165, 1.54) is 4.90 Å². The summed E-state index contributed by atoms with van der Waals surface area (Å²) in [7, 11) is 0. The average Bonchev–Trinajstić information content (AvgIpc) is 3.02. The lowest BCUT2D eigenvalue weighted by Gasteiger charge is -2.31. The van der Waals surface area contributed by atoms with Crippen LogP contribution in [0, 0.1) is 11.3 Å². The standard InChI is InChI=1S/C23H23ClN4O3/c24-19-6-7-21-20(12-19)28(23(30)16-31-21)15-22(29)27-9-1-8-26(10-11-27)14-18-4-2-17(13-25)3-5-18/h2-7,12H,1,8-11,14-16H2. The number of rotatable bonds is 4. The van der Waals surface area contributed by atoms with E-state index in [-0.39, 0.29) is 25.0 Å². The van der Waals surface area contributed by atoms with Gasteiger partial charge in [-0.05, 0) is 42.3 Å². The number of nitrogens with zero attached hydrogens (tertiary/aromatic N) is 4. The van der Waals surface area contributed by atoms with Crippen LogP contribution in [0.1, 0.15) is 17.5 Å². The number of ether oxygens (including phenoxy) is 1. The first-order valence-corrected chi connectivity index (χ1v) is 10.6. The first kappa shape index (κ1) is 21.2. The highest BCUT2D eigenvalue weighted by molar-refractivity contribution is 6.31. The zero-order valence-electron chi connectivity index (χ0n) is 17.1. The maximum absolute atomic E-state index is 13.0. The molecule has 2 aromatic carbocycles. The van der Waals surface area contributed by atoms with Crippen molar-refractivity contribution in [1.82, 2.24) is 9.80 Å². The molecule has 0 bridgehead atoms. The number of nitriles is 1. The fourth-order valence-electron chi connectivity index (χ4n) is 3.91. The van der Waals surface area contributed by atoms with E-state index < -0.39 is 0 Å². The van der Waals surface area contributed by atoms with Crippen LogP contribution in [-0.2, 0) is 16.1 Å². The van der Waals surface area contributed by atoms with Crippen LogP contribution in [0.2, 0.25) is 5.02 Å². The molecule has 0 radical (unpaired) electrons. The normalized spacial score (nSPS) is 16.8. The van der Waals surface area contributed by atoms with Gasteiger partial charge in [0.05, 0.1) is 17.3 Å². The molecule has 2 heterocycles. The summed E-state index contributed by atoms with van der Waals surface area (Å²) in [6.07, 6.45) is 0.863. The Hall–Kier alpha value is -3.08. The molecule has 1 fully saturated rings. The van der Waals surface area contributed by atoms with E-state index in [9.17, 15) is 9.59 Å². The van der Waals surface area contributed by atoms with Crippen molar-refractivity contribution >= 4 is 29.1 Å². The molecule has 160 valence electrons. The lowest BCUT2D eigenvalue weighted by molar-refractivity contribution is -0.131. The minimum Gasteiger partial charge on any atom is -0.482 e. The number of fused-ring (bicyclic) bond motifs is 1. The van der Waals surface area contributed by atoms with Gasteiger partial charge < -0.3 is 9.64 Å². The maximum Gasteiger partial charge on any atom is 0.265 e. The molecule has 1 saturated heterocycles. The second kappa shape index (κ2) is 9.38. The van der Waals surface area contributed by atoms with Crippen LogP contribution in [0.3, 0.4) is 0 Å². The van der Waals surface area contributed by atoms with Crippen LogP contribution in [0.4, 0.5) is 5.69 Å². The Labute approximate surface area is 186 Å². The number of anilines is 1. The van der Waals surface area contributed by atoms with Gasteiger partial charge >= 0.3 is 0 Å². The lowest BCUT2D eigenvalue weighted by Crippen LogP contribution is -2.47. The van der Waals surface area contributed by atoms with Crippen molar-refractivity contribution in [1.29, 1.82) is 5.26 Å². The third-order valence-electron chi connectivity index (χ3n) is 5.59. The van der Waals surface area contributed by atoms with E-state index in [2.05, 4.69) is 11.0 Å². The molecule has 0 N–H and O–H groups in total. The van der Waals surface area contributed by atoms with Crippen molar-refractivity contribution < 1.29 is 14.3 Å². The van der Waals surface area contributed by atoms with Crippen molar-refractivity contribution in [3.63, 3.8) is 0 Å². The van der Waals surface area contributed by atoms with Crippen molar-refractivity contribution in [3.8, 4) is 11.8 Å². The van der Waals surface area contributed by atoms with Crippen LogP contribution < -0.4 is 9.64 Å². The first-order valence-electron chi connectivity index (χ1n) is 10.3. The molecule has 2 aliphatic rings. The number of hydrogen-bond donors (Lipinski definition) is 0. The number of benzene rings is 2. The molecule has 0 unspecified atom stereocenters. The van der Waals surface area contributed by atoms with Gasteiger partial charge in [0.2, 0.25) is 5.91 Å². The molecule has 2 aliphatic heterocycles. The zero-order chi connectivity index (χ0) is 21.8. The number of amides is 2. The van der Waals surface area contributed by atoms with Gasteiger partial charge in [0.25, 0.3) is 5.91 Å². The summed E-state index contributed by atoms with van der Waals surface area (Å²) in [5.41, 5.74) is 2.33. The van der Waals surface area contributed by atoms with Gasteiger partial charge in [-0.15, -0.1) is 0 Å². The zero-order valence-corrected chi connectivity index (χ0v) is 17.8. The molecule has 4 rings (SSSR count). The third-order valence-corrected chi connectivity index (χ3v) is 5.82. The largest absolute Gasteiger partial charge is 0.482 e. The van der Waals surface area contributed by atoms with Crippen LogP contribution in [-0.4, -0.2) is 60.9 Å². The molecule has 0 aromatic heterocycles. The molecule has 0 saturated carbocycles. The molecule has 7 nitrogen and oxygen atoms in total. The van der Waals surface area contributed by atoms with Gasteiger partial charge in [0.1, 0.15) is 12.3 Å². The fourth-order valence-corrected chi connectivity index (χ4v) is 4.07. The summed E-state index contributed by atoms with van der Waals surface area (Å²) >= 11 is 6.09. The third kappa shape index (κ3) is 4.98. The van der Waals surface area contributed by atoms with Crippen molar-refractivity contribution in [3.05, 3.63) is 58.6 Å². The molecule has 0 atom stereocenters. The van der Waals surface area contributed by atoms with E-state index >= 15 is 0 Å². The molecule has 0 spiro atoms. The van der Waals surface area contributed by atoms with E-state index in [0.29, 0.717) is 35.1 Å². The van der Waals surface area contributed by atoms with E-state index in [1.54, 1.807) is 18.2 Å². The Morgan fingerprint density at radius 1 is 1.10 bits per heavy atom. The predicted molar refractivity (Wildman–Crippen MR) is 117 cm³/mol. The Morgan fingerprint density at radius 3 is 2.68 bits per heavy atom. The Balaban J connectivity index is 1.37. The summed E-state index contributed by atoms with van der Waals surface area (Å²) in [6.45, 7) is 3.58. The van der Waals surface area contributed by atoms with Crippen LogP contribution >= 0.6 is 11.6 Å². The monoisotopic (exact) mass is 438 g/mol. The quantitative estimate of drug-likeness (QED) is 0.733. The van der Waals surface area contributed by atoms with Crippen LogP contribution in [0.15, 0.2) is 42.5 Å². The first-order chi connectivity index (χ1) is 15.0.